The van der Waals surface area contributed by atoms with Crippen molar-refractivity contribution in [2.75, 3.05) is 25.2 Å². The minimum atomic E-state index is -1.47. The maximum absolute atomic E-state index is 12.6. The van der Waals surface area contributed by atoms with E-state index in [2.05, 4.69) is 16.0 Å². The summed E-state index contributed by atoms with van der Waals surface area (Å²) in [5, 5.41) is 25.3. The van der Waals surface area contributed by atoms with Crippen molar-refractivity contribution in [2.45, 2.75) is 44.8 Å². The van der Waals surface area contributed by atoms with Gasteiger partial charge in [0, 0.05) is 0 Å². The van der Waals surface area contributed by atoms with Crippen LogP contribution in [0.5, 0.6) is 0 Å². The minimum absolute atomic E-state index is 0.269. The van der Waals surface area contributed by atoms with Crippen molar-refractivity contribution in [3.8, 4) is 0 Å². The summed E-state index contributed by atoms with van der Waals surface area (Å²) in [6.45, 7) is 2.51. The average molecular weight is 407 g/mol. The third-order valence-corrected chi connectivity index (χ3v) is 4.68. The van der Waals surface area contributed by atoms with Crippen LogP contribution in [0.1, 0.15) is 26.7 Å². The van der Waals surface area contributed by atoms with Crippen LogP contribution in [0.15, 0.2) is 0 Å². The molecule has 4 unspecified atom stereocenters. The van der Waals surface area contributed by atoms with Gasteiger partial charge in [0.05, 0.1) is 13.2 Å². The fourth-order valence-electron chi connectivity index (χ4n) is 2.16. The molecule has 0 aromatic heterocycles. The van der Waals surface area contributed by atoms with Gasteiger partial charge >= 0.3 is 5.97 Å². The molecule has 0 aromatic carbocycles. The summed E-state index contributed by atoms with van der Waals surface area (Å²) >= 11 is 1.50. The lowest BCUT2D eigenvalue weighted by Crippen LogP contribution is -2.58. The molecule has 0 aliphatic carbocycles. The lowest BCUT2D eigenvalue weighted by molar-refractivity contribution is -0.143. The number of thioether (sulfide) groups is 1. The van der Waals surface area contributed by atoms with Gasteiger partial charge in [-0.25, -0.2) is 4.79 Å². The Balaban J connectivity index is 5.26. The Hall–Kier alpha value is -1.85. The first-order valence-corrected chi connectivity index (χ1v) is 10.0. The van der Waals surface area contributed by atoms with E-state index in [1.165, 1.54) is 11.8 Å². The van der Waals surface area contributed by atoms with Crippen LogP contribution in [-0.4, -0.2) is 77.2 Å². The summed E-state index contributed by atoms with van der Waals surface area (Å²) in [6.07, 6.45) is 2.75. The Labute approximate surface area is 163 Å². The predicted molar refractivity (Wildman–Crippen MR) is 102 cm³/mol. The second-order valence-electron chi connectivity index (χ2n) is 6.06. The zero-order chi connectivity index (χ0) is 21.0. The number of carboxylic acid groups (broad SMARTS) is 1. The molecule has 0 aliphatic heterocycles. The van der Waals surface area contributed by atoms with Crippen LogP contribution in [0.2, 0.25) is 0 Å². The number of rotatable bonds is 13. The molecule has 7 N–H and O–H groups in total. The molecule has 4 atom stereocenters. The van der Waals surface area contributed by atoms with Crippen LogP contribution >= 0.6 is 11.8 Å². The highest BCUT2D eigenvalue weighted by Crippen LogP contribution is 2.10. The highest BCUT2D eigenvalue weighted by Gasteiger charge is 2.31. The number of carbonyl (C=O) groups excluding carboxylic acids is 3. The van der Waals surface area contributed by atoms with E-state index in [9.17, 15) is 19.2 Å². The molecule has 0 spiro atoms. The Morgan fingerprint density at radius 3 is 2.15 bits per heavy atom. The summed E-state index contributed by atoms with van der Waals surface area (Å²) in [7, 11) is 0. The first-order valence-electron chi connectivity index (χ1n) is 8.64. The van der Waals surface area contributed by atoms with Crippen molar-refractivity contribution in [1.82, 2.24) is 16.0 Å². The second kappa shape index (κ2) is 13.3. The molecule has 0 aromatic rings. The molecular weight excluding hydrogens is 376 g/mol. The van der Waals surface area contributed by atoms with Gasteiger partial charge in [-0.3, -0.25) is 14.4 Å². The van der Waals surface area contributed by atoms with Gasteiger partial charge in [-0.05, 0) is 24.3 Å². The van der Waals surface area contributed by atoms with E-state index in [1.807, 2.05) is 13.2 Å². The summed E-state index contributed by atoms with van der Waals surface area (Å²) in [6, 6.07) is -3.34. The number of aliphatic hydroxyl groups excluding tert-OH is 1. The van der Waals surface area contributed by atoms with Crippen molar-refractivity contribution >= 4 is 35.5 Å². The molecule has 0 heterocycles. The molecule has 11 heteroatoms. The van der Waals surface area contributed by atoms with E-state index < -0.39 is 48.4 Å². The maximum atomic E-state index is 12.6. The number of hydrogen-bond donors (Lipinski definition) is 6. The summed E-state index contributed by atoms with van der Waals surface area (Å²) in [4.78, 5) is 47.6. The Bertz CT molecular complexity index is 519. The van der Waals surface area contributed by atoms with Crippen molar-refractivity contribution in [3.63, 3.8) is 0 Å². The third-order valence-electron chi connectivity index (χ3n) is 4.04. The topological polar surface area (TPSA) is 171 Å². The van der Waals surface area contributed by atoms with Crippen LogP contribution in [0.25, 0.3) is 0 Å². The van der Waals surface area contributed by atoms with Crippen molar-refractivity contribution in [2.24, 2.45) is 11.7 Å². The quantitative estimate of drug-likeness (QED) is 0.210. The fraction of sp³-hybridized carbons (Fsp3) is 0.750. The van der Waals surface area contributed by atoms with E-state index in [1.54, 1.807) is 6.92 Å². The number of nitrogens with two attached hydrogens (primary N) is 1. The normalized spacial score (nSPS) is 15.1. The van der Waals surface area contributed by atoms with E-state index in [0.717, 1.165) is 0 Å². The molecule has 3 amide bonds. The van der Waals surface area contributed by atoms with Gasteiger partial charge in [0.15, 0.2) is 0 Å². The molecule has 0 fully saturated rings. The van der Waals surface area contributed by atoms with Crippen molar-refractivity contribution < 1.29 is 29.4 Å². The zero-order valence-electron chi connectivity index (χ0n) is 15.9. The molecule has 0 rings (SSSR count). The Morgan fingerprint density at radius 2 is 1.70 bits per heavy atom. The number of carboxylic acids is 1. The first-order chi connectivity index (χ1) is 12.7. The number of hydrogen-bond acceptors (Lipinski definition) is 7. The average Bonchev–Trinajstić information content (AvgIpc) is 2.65. The van der Waals surface area contributed by atoms with Crippen LogP contribution in [-0.2, 0) is 19.2 Å². The van der Waals surface area contributed by atoms with Crippen molar-refractivity contribution in [3.05, 3.63) is 0 Å². The van der Waals surface area contributed by atoms with E-state index >= 15 is 0 Å². The van der Waals surface area contributed by atoms with Crippen LogP contribution in [0.4, 0.5) is 0 Å². The monoisotopic (exact) mass is 406 g/mol. The van der Waals surface area contributed by atoms with Gasteiger partial charge in [0.25, 0.3) is 0 Å². The van der Waals surface area contributed by atoms with Gasteiger partial charge in [-0.1, -0.05) is 20.3 Å². The molecule has 0 radical (unpaired) electrons. The van der Waals surface area contributed by atoms with Crippen molar-refractivity contribution in [1.29, 1.82) is 0 Å². The predicted octanol–water partition coefficient (Wildman–Crippen LogP) is -1.72. The number of nitrogens with one attached hydrogen (secondary N) is 3. The minimum Gasteiger partial charge on any atom is -0.480 e. The Morgan fingerprint density at radius 1 is 1.07 bits per heavy atom. The van der Waals surface area contributed by atoms with Gasteiger partial charge < -0.3 is 31.9 Å². The lowest BCUT2D eigenvalue weighted by Gasteiger charge is -2.27. The SMILES string of the molecule is CCC(C)C(NC(=O)C(CCSC)NC(=O)CN)C(=O)NC(CO)C(=O)O. The van der Waals surface area contributed by atoms with Gasteiger partial charge in [-0.15, -0.1) is 0 Å². The van der Waals surface area contributed by atoms with Crippen LogP contribution in [0, 0.1) is 5.92 Å². The fourth-order valence-corrected chi connectivity index (χ4v) is 2.63. The zero-order valence-corrected chi connectivity index (χ0v) is 16.7. The van der Waals surface area contributed by atoms with Crippen LogP contribution in [0.3, 0.4) is 0 Å². The lowest BCUT2D eigenvalue weighted by atomic mass is 9.97. The smallest absolute Gasteiger partial charge is 0.328 e. The molecule has 0 aliphatic rings. The first kappa shape index (κ1) is 25.1. The second-order valence-corrected chi connectivity index (χ2v) is 7.05. The Kier molecular flexibility index (Phi) is 12.4. The summed E-state index contributed by atoms with van der Waals surface area (Å²) in [5.74, 6) is -2.84. The summed E-state index contributed by atoms with van der Waals surface area (Å²) < 4.78 is 0. The maximum Gasteiger partial charge on any atom is 0.328 e. The van der Waals surface area contributed by atoms with Gasteiger partial charge in [0.2, 0.25) is 17.7 Å². The van der Waals surface area contributed by atoms with E-state index in [4.69, 9.17) is 15.9 Å². The van der Waals surface area contributed by atoms with Gasteiger partial charge in [0.1, 0.15) is 18.1 Å². The molecule has 0 bridgehead atoms. The molecule has 10 nitrogen and oxygen atoms in total. The highest BCUT2D eigenvalue weighted by atomic mass is 32.2. The largest absolute Gasteiger partial charge is 0.480 e. The number of amides is 3. The third kappa shape index (κ3) is 9.07. The molecule has 0 saturated carbocycles. The number of aliphatic hydroxyl groups is 1. The molecule has 156 valence electrons. The van der Waals surface area contributed by atoms with Gasteiger partial charge in [-0.2, -0.15) is 11.8 Å². The molecule has 27 heavy (non-hydrogen) atoms. The van der Waals surface area contributed by atoms with E-state index in [0.29, 0.717) is 18.6 Å². The standard InChI is InChI=1S/C16H30N4O6S/c1-4-9(2)13(15(24)19-11(8-21)16(25)26)20-14(23)10(5-6-27-3)18-12(22)7-17/h9-11,13,21H,4-8,17H2,1-3H3,(H,18,22)(H,19,24)(H,20,23)(H,25,26). The number of carbonyl (C=O) groups is 4. The molecular formula is C16H30N4O6S. The summed E-state index contributed by atoms with van der Waals surface area (Å²) in [5.41, 5.74) is 5.27. The van der Waals surface area contributed by atoms with Crippen LogP contribution < -0.4 is 21.7 Å². The number of aliphatic carboxylic acids is 1. The van der Waals surface area contributed by atoms with E-state index in [-0.39, 0.29) is 12.5 Å². The molecule has 0 saturated heterocycles. The highest BCUT2D eigenvalue weighted by molar-refractivity contribution is 7.98.